The number of nitrogens with one attached hydrogen (secondary N) is 2. The fourth-order valence-electron chi connectivity index (χ4n) is 2.14. The summed E-state index contributed by atoms with van der Waals surface area (Å²) in [5, 5.41) is 4.77. The van der Waals surface area contributed by atoms with Crippen LogP contribution in [0, 0.1) is 0 Å². The van der Waals surface area contributed by atoms with Crippen LogP contribution in [0.3, 0.4) is 0 Å². The number of aryl methyl sites for hydroxylation is 1. The molecule has 0 aliphatic heterocycles. The molecule has 21 heavy (non-hydrogen) atoms. The lowest BCUT2D eigenvalue weighted by molar-refractivity contribution is 0.568. The fourth-order valence-corrected chi connectivity index (χ4v) is 2.49. The molecule has 0 bridgehead atoms. The van der Waals surface area contributed by atoms with Crippen molar-refractivity contribution in [2.24, 2.45) is 0 Å². The summed E-state index contributed by atoms with van der Waals surface area (Å²) in [6.07, 6.45) is 3.22. The maximum absolute atomic E-state index is 6.17. The van der Waals surface area contributed by atoms with Gasteiger partial charge in [0.2, 0.25) is 0 Å². The molecule has 0 saturated heterocycles. The van der Waals surface area contributed by atoms with Crippen LogP contribution in [0.1, 0.15) is 49.8 Å². The Balaban J connectivity index is 1.93. The molecule has 0 radical (unpaired) electrons. The number of imidazole rings is 1. The molecular formula is C16H21Cl2N3. The third-order valence-corrected chi connectivity index (χ3v) is 4.06. The zero-order valence-electron chi connectivity index (χ0n) is 12.4. The maximum atomic E-state index is 6.17. The number of aromatic amines is 1. The Labute approximate surface area is 136 Å². The van der Waals surface area contributed by atoms with E-state index >= 15 is 0 Å². The number of unbranched alkanes of at least 4 members (excludes halogenated alkanes) is 1. The van der Waals surface area contributed by atoms with Gasteiger partial charge < -0.3 is 10.3 Å². The van der Waals surface area contributed by atoms with Crippen LogP contribution in [-0.4, -0.2) is 9.97 Å². The number of hydrogen-bond donors (Lipinski definition) is 2. The van der Waals surface area contributed by atoms with Gasteiger partial charge in [0, 0.05) is 24.0 Å². The Kier molecular flexibility index (Phi) is 6.09. The summed E-state index contributed by atoms with van der Waals surface area (Å²) in [5.41, 5.74) is 2.14. The number of nitrogens with zero attached hydrogens (tertiary/aromatic N) is 1. The van der Waals surface area contributed by atoms with Gasteiger partial charge in [-0.15, -0.1) is 0 Å². The Morgan fingerprint density at radius 2 is 1.95 bits per heavy atom. The number of halogens is 2. The fraction of sp³-hybridized carbons (Fsp3) is 0.438. The van der Waals surface area contributed by atoms with Crippen LogP contribution in [0.4, 0.5) is 0 Å². The van der Waals surface area contributed by atoms with Gasteiger partial charge in [-0.05, 0) is 31.0 Å². The van der Waals surface area contributed by atoms with Gasteiger partial charge in [0.05, 0.1) is 5.69 Å². The average molecular weight is 326 g/mol. The van der Waals surface area contributed by atoms with E-state index in [1.54, 1.807) is 0 Å². The molecule has 0 saturated carbocycles. The van der Waals surface area contributed by atoms with E-state index in [9.17, 15) is 0 Å². The molecule has 1 atom stereocenters. The standard InChI is InChI=1S/C16H21Cl2N3/c1-3-4-5-15-20-14(16(18)21-15)10-19-11(2)12-6-8-13(17)9-7-12/h6-9,11,19H,3-5,10H2,1-2H3,(H,20,21)/t11-/m0/s1. The van der Waals surface area contributed by atoms with Crippen molar-refractivity contribution in [3.63, 3.8) is 0 Å². The van der Waals surface area contributed by atoms with Crippen LogP contribution < -0.4 is 5.32 Å². The minimum Gasteiger partial charge on any atom is -0.344 e. The van der Waals surface area contributed by atoms with Crippen LogP contribution in [-0.2, 0) is 13.0 Å². The second kappa shape index (κ2) is 7.83. The number of benzene rings is 1. The molecular weight excluding hydrogens is 305 g/mol. The highest BCUT2D eigenvalue weighted by atomic mass is 35.5. The molecule has 114 valence electrons. The molecule has 1 heterocycles. The van der Waals surface area contributed by atoms with Crippen molar-refractivity contribution < 1.29 is 0 Å². The summed E-state index contributed by atoms with van der Waals surface area (Å²) in [5.74, 6) is 0.970. The van der Waals surface area contributed by atoms with Crippen LogP contribution >= 0.6 is 23.2 Å². The van der Waals surface area contributed by atoms with Crippen molar-refractivity contribution in [1.29, 1.82) is 0 Å². The molecule has 0 aliphatic rings. The van der Waals surface area contributed by atoms with Gasteiger partial charge in [0.25, 0.3) is 0 Å². The van der Waals surface area contributed by atoms with Crippen LogP contribution in [0.15, 0.2) is 24.3 Å². The van der Waals surface area contributed by atoms with Crippen LogP contribution in [0.25, 0.3) is 0 Å². The zero-order chi connectivity index (χ0) is 15.2. The molecule has 2 N–H and O–H groups in total. The van der Waals surface area contributed by atoms with Gasteiger partial charge in [0.15, 0.2) is 5.15 Å². The smallest absolute Gasteiger partial charge is 0.151 e. The summed E-state index contributed by atoms with van der Waals surface area (Å²) in [6.45, 7) is 4.95. The summed E-state index contributed by atoms with van der Waals surface area (Å²) in [6, 6.07) is 8.09. The van der Waals surface area contributed by atoms with E-state index in [-0.39, 0.29) is 6.04 Å². The minimum atomic E-state index is 0.223. The number of aromatic nitrogens is 2. The van der Waals surface area contributed by atoms with Crippen molar-refractivity contribution in [2.45, 2.75) is 45.7 Å². The second-order valence-corrected chi connectivity index (χ2v) is 6.01. The average Bonchev–Trinajstić information content (AvgIpc) is 2.83. The lowest BCUT2D eigenvalue weighted by Gasteiger charge is -2.13. The predicted octanol–water partition coefficient (Wildman–Crippen LogP) is 4.91. The third-order valence-electron chi connectivity index (χ3n) is 3.50. The first-order valence-corrected chi connectivity index (χ1v) is 8.07. The molecule has 2 aromatic rings. The molecule has 0 unspecified atom stereocenters. The lowest BCUT2D eigenvalue weighted by Crippen LogP contribution is -2.18. The van der Waals surface area contributed by atoms with E-state index in [0.29, 0.717) is 11.7 Å². The van der Waals surface area contributed by atoms with Crippen LogP contribution in [0.2, 0.25) is 10.2 Å². The van der Waals surface area contributed by atoms with E-state index in [1.165, 1.54) is 5.56 Å². The Bertz CT molecular complexity index is 563. The van der Waals surface area contributed by atoms with Crippen molar-refractivity contribution in [1.82, 2.24) is 15.3 Å². The number of H-pyrrole nitrogens is 1. The predicted molar refractivity (Wildman–Crippen MR) is 88.9 cm³/mol. The first-order valence-electron chi connectivity index (χ1n) is 7.32. The van der Waals surface area contributed by atoms with E-state index in [2.05, 4.69) is 29.1 Å². The highest BCUT2D eigenvalue weighted by Gasteiger charge is 2.10. The van der Waals surface area contributed by atoms with Crippen molar-refractivity contribution in [2.75, 3.05) is 0 Å². The van der Waals surface area contributed by atoms with E-state index in [4.69, 9.17) is 23.2 Å². The van der Waals surface area contributed by atoms with E-state index in [0.717, 1.165) is 35.8 Å². The summed E-state index contributed by atoms with van der Waals surface area (Å²) in [7, 11) is 0. The first kappa shape index (κ1) is 16.3. The Morgan fingerprint density at radius 3 is 2.62 bits per heavy atom. The molecule has 5 heteroatoms. The molecule has 1 aromatic heterocycles. The lowest BCUT2D eigenvalue weighted by atomic mass is 10.1. The molecule has 3 nitrogen and oxygen atoms in total. The second-order valence-electron chi connectivity index (χ2n) is 5.21. The minimum absolute atomic E-state index is 0.223. The summed E-state index contributed by atoms with van der Waals surface area (Å²) < 4.78 is 0. The van der Waals surface area contributed by atoms with Gasteiger partial charge in [-0.25, -0.2) is 4.98 Å². The molecule has 1 aromatic carbocycles. The van der Waals surface area contributed by atoms with Crippen molar-refractivity contribution in [3.8, 4) is 0 Å². The summed E-state index contributed by atoms with van der Waals surface area (Å²) in [4.78, 5) is 7.67. The first-order chi connectivity index (χ1) is 10.1. The maximum Gasteiger partial charge on any atom is 0.151 e. The molecule has 2 rings (SSSR count). The van der Waals surface area contributed by atoms with Crippen molar-refractivity contribution >= 4 is 23.2 Å². The molecule has 0 spiro atoms. The topological polar surface area (TPSA) is 40.7 Å². The highest BCUT2D eigenvalue weighted by Crippen LogP contribution is 2.18. The summed E-state index contributed by atoms with van der Waals surface area (Å²) >= 11 is 12.1. The Morgan fingerprint density at radius 1 is 1.24 bits per heavy atom. The monoisotopic (exact) mass is 325 g/mol. The SMILES string of the molecule is CCCCc1nc(Cl)c(CN[C@@H](C)c2ccc(Cl)cc2)[nH]1. The van der Waals surface area contributed by atoms with Crippen molar-refractivity contribution in [3.05, 3.63) is 51.5 Å². The van der Waals surface area contributed by atoms with Crippen LogP contribution in [0.5, 0.6) is 0 Å². The molecule has 0 aliphatic carbocycles. The Hall–Kier alpha value is -1.03. The zero-order valence-corrected chi connectivity index (χ0v) is 13.9. The van der Waals surface area contributed by atoms with Gasteiger partial charge in [-0.3, -0.25) is 0 Å². The van der Waals surface area contributed by atoms with Gasteiger partial charge in [-0.2, -0.15) is 0 Å². The van der Waals surface area contributed by atoms with Gasteiger partial charge in [-0.1, -0.05) is 48.7 Å². The highest BCUT2D eigenvalue weighted by molar-refractivity contribution is 6.30. The van der Waals surface area contributed by atoms with Gasteiger partial charge in [0.1, 0.15) is 5.82 Å². The number of rotatable bonds is 7. The molecule has 0 fully saturated rings. The van der Waals surface area contributed by atoms with E-state index < -0.39 is 0 Å². The third kappa shape index (κ3) is 4.73. The normalized spacial score (nSPS) is 12.6. The van der Waals surface area contributed by atoms with E-state index in [1.807, 2.05) is 24.3 Å². The van der Waals surface area contributed by atoms with Gasteiger partial charge >= 0.3 is 0 Å². The largest absolute Gasteiger partial charge is 0.344 e. The molecule has 0 amide bonds. The number of hydrogen-bond acceptors (Lipinski definition) is 2. The quantitative estimate of drug-likeness (QED) is 0.759.